The highest BCUT2D eigenvalue weighted by Gasteiger charge is 2.36. The number of nitrogens with one attached hydrogen (secondary N) is 1. The van der Waals surface area contributed by atoms with Crippen LogP contribution in [0.4, 0.5) is 5.69 Å². The molecule has 0 saturated heterocycles. The summed E-state index contributed by atoms with van der Waals surface area (Å²) in [5.41, 5.74) is 2.95. The second-order valence-corrected chi connectivity index (χ2v) is 10.4. The minimum absolute atomic E-state index is 0.135. The second kappa shape index (κ2) is 12.3. The van der Waals surface area contributed by atoms with Gasteiger partial charge in [0.1, 0.15) is 12.6 Å². The van der Waals surface area contributed by atoms with Crippen LogP contribution >= 0.6 is 11.6 Å². The van der Waals surface area contributed by atoms with E-state index in [1.54, 1.807) is 17.0 Å². The zero-order chi connectivity index (χ0) is 28.1. The van der Waals surface area contributed by atoms with Crippen LogP contribution in [0.25, 0.3) is 10.8 Å². The Bertz CT molecular complexity index is 1530. The quantitative estimate of drug-likeness (QED) is 0.231. The number of hydrogen-bond donors (Lipinski definition) is 1. The van der Waals surface area contributed by atoms with E-state index < -0.39 is 6.04 Å². The third-order valence-electron chi connectivity index (χ3n) is 7.34. The molecule has 0 aliphatic carbocycles. The fraction of sp³-hybridized carbons (Fsp3) is 0.242. The maximum absolute atomic E-state index is 14.2. The summed E-state index contributed by atoms with van der Waals surface area (Å²) in [4.78, 5) is 44.4. The number of amides is 3. The Balaban J connectivity index is 1.50. The molecule has 3 amide bonds. The van der Waals surface area contributed by atoms with Crippen LogP contribution in [0.1, 0.15) is 41.3 Å². The molecule has 204 valence electrons. The van der Waals surface area contributed by atoms with Crippen molar-refractivity contribution >= 4 is 45.8 Å². The van der Waals surface area contributed by atoms with Gasteiger partial charge in [-0.15, -0.1) is 0 Å². The second-order valence-electron chi connectivity index (χ2n) is 10.0. The minimum Gasteiger partial charge on any atom is -0.354 e. The number of carbonyl (C=O) groups is 3. The molecule has 1 N–H and O–H groups in total. The van der Waals surface area contributed by atoms with Crippen molar-refractivity contribution < 1.29 is 14.4 Å². The first kappa shape index (κ1) is 27.4. The molecule has 0 bridgehead atoms. The highest BCUT2D eigenvalue weighted by atomic mass is 35.5. The largest absolute Gasteiger partial charge is 0.354 e. The Kier molecular flexibility index (Phi) is 8.46. The van der Waals surface area contributed by atoms with Gasteiger partial charge in [-0.1, -0.05) is 97.7 Å². The summed E-state index contributed by atoms with van der Waals surface area (Å²) < 4.78 is 0. The van der Waals surface area contributed by atoms with Gasteiger partial charge in [0.25, 0.3) is 5.91 Å². The van der Waals surface area contributed by atoms with Crippen LogP contribution in [0.5, 0.6) is 0 Å². The van der Waals surface area contributed by atoms with Crippen LogP contribution in [0.15, 0.2) is 91.0 Å². The zero-order valence-corrected chi connectivity index (χ0v) is 23.2. The maximum Gasteiger partial charge on any atom is 0.259 e. The summed E-state index contributed by atoms with van der Waals surface area (Å²) in [5, 5.41) is 5.33. The molecule has 0 saturated carbocycles. The van der Waals surface area contributed by atoms with E-state index in [0.29, 0.717) is 29.2 Å². The molecule has 7 heteroatoms. The lowest BCUT2D eigenvalue weighted by Gasteiger charge is -2.33. The maximum atomic E-state index is 14.2. The van der Waals surface area contributed by atoms with E-state index in [1.165, 1.54) is 4.90 Å². The predicted molar refractivity (Wildman–Crippen MR) is 159 cm³/mol. The molecule has 5 rings (SSSR count). The molecular formula is C33H32ClN3O3. The van der Waals surface area contributed by atoms with Crippen molar-refractivity contribution in [2.24, 2.45) is 0 Å². The van der Waals surface area contributed by atoms with Gasteiger partial charge in [-0.05, 0) is 41.1 Å². The average Bonchev–Trinajstić information content (AvgIpc) is 3.24. The number of hydrogen-bond acceptors (Lipinski definition) is 3. The molecule has 1 aliphatic heterocycles. The number of halogens is 1. The number of rotatable bonds is 11. The topological polar surface area (TPSA) is 69.7 Å². The molecule has 1 aliphatic rings. The van der Waals surface area contributed by atoms with Crippen molar-refractivity contribution in [3.05, 3.63) is 113 Å². The summed E-state index contributed by atoms with van der Waals surface area (Å²) in [5.74, 6) is -0.773. The Morgan fingerprint density at radius 1 is 0.925 bits per heavy atom. The molecule has 0 aromatic heterocycles. The number of carbonyl (C=O) groups excluding carboxylic acids is 3. The van der Waals surface area contributed by atoms with Gasteiger partial charge < -0.3 is 10.2 Å². The van der Waals surface area contributed by atoms with E-state index in [1.807, 2.05) is 78.9 Å². The lowest BCUT2D eigenvalue weighted by atomic mass is 10.0. The van der Waals surface area contributed by atoms with Crippen molar-refractivity contribution in [3.63, 3.8) is 0 Å². The minimum atomic E-state index is -0.793. The van der Waals surface area contributed by atoms with Gasteiger partial charge in [0.05, 0.1) is 5.69 Å². The fourth-order valence-corrected chi connectivity index (χ4v) is 5.43. The number of unbranched alkanes of at least 4 members (excludes halogenated alkanes) is 1. The third-order valence-corrected chi connectivity index (χ3v) is 7.71. The first-order chi connectivity index (χ1) is 19.5. The number of nitrogens with zero attached hydrogens (tertiary/aromatic N) is 2. The van der Waals surface area contributed by atoms with Crippen LogP contribution in [0, 0.1) is 0 Å². The smallest absolute Gasteiger partial charge is 0.259 e. The van der Waals surface area contributed by atoms with E-state index in [-0.39, 0.29) is 30.8 Å². The monoisotopic (exact) mass is 553 g/mol. The molecule has 0 fully saturated rings. The SMILES string of the molecule is CCCCNC(=O)C(Cc1ccccc1)N(Cc1ccccc1Cl)C(=O)CN1C(=O)c2cccc3cccc1c23. The standard InChI is InChI=1S/C33H32ClN3O3/c1-2-3-19-35-32(39)29(20-23-11-5-4-6-12-23)36(21-25-13-7-8-17-27(25)34)30(38)22-37-28-18-10-15-24-14-9-16-26(31(24)28)33(37)40/h4-18,29H,2-3,19-22H2,1H3,(H,35,39). The van der Waals surface area contributed by atoms with Gasteiger partial charge in [-0.3, -0.25) is 19.3 Å². The summed E-state index contributed by atoms with van der Waals surface area (Å²) in [7, 11) is 0. The molecule has 1 unspecified atom stereocenters. The highest BCUT2D eigenvalue weighted by Crippen LogP contribution is 2.37. The number of anilines is 1. The van der Waals surface area contributed by atoms with Gasteiger partial charge in [0.2, 0.25) is 11.8 Å². The molecule has 6 nitrogen and oxygen atoms in total. The molecule has 0 spiro atoms. The van der Waals surface area contributed by atoms with Gasteiger partial charge in [-0.2, -0.15) is 0 Å². The molecule has 1 heterocycles. The third kappa shape index (κ3) is 5.73. The summed E-state index contributed by atoms with van der Waals surface area (Å²) in [6.45, 7) is 2.53. The van der Waals surface area contributed by atoms with Gasteiger partial charge in [0.15, 0.2) is 0 Å². The van der Waals surface area contributed by atoms with Crippen LogP contribution in [-0.2, 0) is 22.6 Å². The van der Waals surface area contributed by atoms with E-state index in [0.717, 1.165) is 34.7 Å². The van der Waals surface area contributed by atoms with Crippen LogP contribution in [0.3, 0.4) is 0 Å². The molecule has 4 aromatic carbocycles. The Morgan fingerprint density at radius 2 is 1.65 bits per heavy atom. The summed E-state index contributed by atoms with van der Waals surface area (Å²) >= 11 is 6.53. The first-order valence-electron chi connectivity index (χ1n) is 13.7. The van der Waals surface area contributed by atoms with Crippen molar-refractivity contribution in [3.8, 4) is 0 Å². The molecule has 0 radical (unpaired) electrons. The Hall–Kier alpha value is -4.16. The van der Waals surface area contributed by atoms with E-state index >= 15 is 0 Å². The zero-order valence-electron chi connectivity index (χ0n) is 22.5. The Morgan fingerprint density at radius 3 is 2.40 bits per heavy atom. The van der Waals surface area contributed by atoms with Crippen LogP contribution in [0.2, 0.25) is 5.02 Å². The lowest BCUT2D eigenvalue weighted by molar-refractivity contribution is -0.140. The normalized spacial score (nSPS) is 12.9. The molecule has 1 atom stereocenters. The van der Waals surface area contributed by atoms with Gasteiger partial charge in [0, 0.05) is 35.5 Å². The lowest BCUT2D eigenvalue weighted by Crippen LogP contribution is -2.53. The number of benzene rings is 4. The predicted octanol–water partition coefficient (Wildman–Crippen LogP) is 6.01. The summed E-state index contributed by atoms with van der Waals surface area (Å²) in [6.07, 6.45) is 2.11. The van der Waals surface area contributed by atoms with Crippen molar-refractivity contribution in [2.45, 2.75) is 38.8 Å². The first-order valence-corrected chi connectivity index (χ1v) is 14.0. The van der Waals surface area contributed by atoms with Crippen molar-refractivity contribution in [1.82, 2.24) is 10.2 Å². The average molecular weight is 554 g/mol. The van der Waals surface area contributed by atoms with Crippen molar-refractivity contribution in [1.29, 1.82) is 0 Å². The molecule has 4 aromatic rings. The molecular weight excluding hydrogens is 522 g/mol. The van der Waals surface area contributed by atoms with Crippen LogP contribution in [-0.4, -0.2) is 41.8 Å². The van der Waals surface area contributed by atoms with E-state index in [9.17, 15) is 14.4 Å². The van der Waals surface area contributed by atoms with Crippen LogP contribution < -0.4 is 10.2 Å². The van der Waals surface area contributed by atoms with E-state index in [4.69, 9.17) is 11.6 Å². The highest BCUT2D eigenvalue weighted by molar-refractivity contribution is 6.31. The van der Waals surface area contributed by atoms with Gasteiger partial charge in [-0.25, -0.2) is 0 Å². The van der Waals surface area contributed by atoms with Gasteiger partial charge >= 0.3 is 0 Å². The fourth-order valence-electron chi connectivity index (χ4n) is 5.23. The molecule has 40 heavy (non-hydrogen) atoms. The summed E-state index contributed by atoms with van der Waals surface area (Å²) in [6, 6.07) is 27.5. The van der Waals surface area contributed by atoms with E-state index in [2.05, 4.69) is 12.2 Å². The Labute approximate surface area is 239 Å². The van der Waals surface area contributed by atoms with Crippen molar-refractivity contribution in [2.75, 3.05) is 18.0 Å².